The summed E-state index contributed by atoms with van der Waals surface area (Å²) in [6, 6.07) is 58.7. The molecule has 0 aliphatic heterocycles. The summed E-state index contributed by atoms with van der Waals surface area (Å²) in [6.07, 6.45) is 0. The third-order valence-corrected chi connectivity index (χ3v) is 9.76. The van der Waals surface area contributed by atoms with Crippen LogP contribution in [0.25, 0.3) is 89.0 Å². The van der Waals surface area contributed by atoms with Gasteiger partial charge < -0.3 is 8.98 Å². The number of hydrogen-bond acceptors (Lipinski definition) is 4. The van der Waals surface area contributed by atoms with Gasteiger partial charge in [0.2, 0.25) is 0 Å². The number of aromatic nitrogens is 4. The lowest BCUT2D eigenvalue weighted by molar-refractivity contribution is 0.673. The highest BCUT2D eigenvalue weighted by Crippen LogP contribution is 2.40. The highest BCUT2D eigenvalue weighted by Gasteiger charge is 2.20. The van der Waals surface area contributed by atoms with Gasteiger partial charge in [-0.3, -0.25) is 0 Å². The van der Waals surface area contributed by atoms with Gasteiger partial charge in [-0.25, -0.2) is 15.0 Å². The van der Waals surface area contributed by atoms with Crippen LogP contribution in [0, 0.1) is 0 Å². The number of benzene rings is 7. The molecule has 0 radical (unpaired) electrons. The van der Waals surface area contributed by atoms with Crippen molar-refractivity contribution in [2.24, 2.45) is 0 Å². The second-order valence-corrected chi connectivity index (χ2v) is 12.8. The van der Waals surface area contributed by atoms with Crippen molar-refractivity contribution in [2.75, 3.05) is 0 Å². The Labute approximate surface area is 294 Å². The quantitative estimate of drug-likeness (QED) is 0.179. The van der Waals surface area contributed by atoms with Crippen LogP contribution in [0.4, 0.5) is 0 Å². The predicted octanol–water partition coefficient (Wildman–Crippen LogP) is 11.6. The Balaban J connectivity index is 1.14. The lowest BCUT2D eigenvalue weighted by Crippen LogP contribution is -2.05. The predicted molar refractivity (Wildman–Crippen MR) is 207 cm³/mol. The van der Waals surface area contributed by atoms with E-state index in [1.807, 2.05) is 48.5 Å². The maximum Gasteiger partial charge on any atom is 0.164 e. The standard InChI is InChI=1S/C46H30N4O/c1-3-14-30(15-4-1)32-19-13-20-33(28-32)45-47-44(31-16-5-2-6-17-31)48-46(49-45)35-21-8-7-18-34(35)29-50-39-24-11-9-23-38(39)42-40(50)27-26-37-36-22-10-12-25-41(36)51-43(37)42/h1-28H,29H2. The lowest BCUT2D eigenvalue weighted by Gasteiger charge is -2.14. The number of hydrogen-bond donors (Lipinski definition) is 0. The van der Waals surface area contributed by atoms with E-state index in [9.17, 15) is 0 Å². The minimum Gasteiger partial charge on any atom is -0.455 e. The van der Waals surface area contributed by atoms with Crippen molar-refractivity contribution >= 4 is 43.7 Å². The first-order valence-corrected chi connectivity index (χ1v) is 17.2. The van der Waals surface area contributed by atoms with Crippen molar-refractivity contribution in [3.05, 3.63) is 175 Å². The van der Waals surface area contributed by atoms with E-state index in [1.54, 1.807) is 0 Å². The lowest BCUT2D eigenvalue weighted by atomic mass is 10.0. The van der Waals surface area contributed by atoms with Crippen molar-refractivity contribution < 1.29 is 4.42 Å². The number of fused-ring (bicyclic) bond motifs is 7. The smallest absolute Gasteiger partial charge is 0.164 e. The third kappa shape index (κ3) is 4.98. The molecule has 0 atom stereocenters. The van der Waals surface area contributed by atoms with Crippen LogP contribution in [0.1, 0.15) is 5.56 Å². The molecular formula is C46H30N4O. The molecule has 0 aliphatic carbocycles. The van der Waals surface area contributed by atoms with Gasteiger partial charge in [0, 0.05) is 44.9 Å². The van der Waals surface area contributed by atoms with Crippen LogP contribution in [-0.2, 0) is 6.54 Å². The molecule has 0 spiro atoms. The highest BCUT2D eigenvalue weighted by molar-refractivity contribution is 6.23. The van der Waals surface area contributed by atoms with Crippen LogP contribution in [0.15, 0.2) is 174 Å². The van der Waals surface area contributed by atoms with Crippen LogP contribution in [0.3, 0.4) is 0 Å². The van der Waals surface area contributed by atoms with E-state index in [1.165, 1.54) is 5.39 Å². The van der Waals surface area contributed by atoms with Gasteiger partial charge in [0.1, 0.15) is 11.2 Å². The monoisotopic (exact) mass is 654 g/mol. The van der Waals surface area contributed by atoms with Gasteiger partial charge in [0.05, 0.1) is 10.9 Å². The van der Waals surface area contributed by atoms with E-state index in [0.29, 0.717) is 24.0 Å². The Kier molecular flexibility index (Phi) is 6.81. The molecule has 5 heteroatoms. The molecule has 5 nitrogen and oxygen atoms in total. The largest absolute Gasteiger partial charge is 0.455 e. The minimum absolute atomic E-state index is 0.622. The Morgan fingerprint density at radius 2 is 1.06 bits per heavy atom. The maximum atomic E-state index is 6.54. The van der Waals surface area contributed by atoms with E-state index >= 15 is 0 Å². The van der Waals surface area contributed by atoms with E-state index in [4.69, 9.17) is 19.4 Å². The summed E-state index contributed by atoms with van der Waals surface area (Å²) in [5, 5.41) is 4.56. The van der Waals surface area contributed by atoms with E-state index in [-0.39, 0.29) is 0 Å². The average Bonchev–Trinajstić information content (AvgIpc) is 3.74. The van der Waals surface area contributed by atoms with E-state index in [0.717, 1.165) is 71.7 Å². The zero-order valence-electron chi connectivity index (χ0n) is 27.6. The van der Waals surface area contributed by atoms with Crippen LogP contribution < -0.4 is 0 Å². The number of rotatable bonds is 6. The third-order valence-electron chi connectivity index (χ3n) is 9.76. The summed E-state index contributed by atoms with van der Waals surface area (Å²) in [4.78, 5) is 15.3. The SMILES string of the molecule is c1ccc(-c2cccc(-c3nc(-c4ccccc4)nc(-c4ccccc4Cn4c5ccccc5c5c6oc7ccccc7c6ccc54)n3)c2)cc1. The minimum atomic E-state index is 0.622. The fourth-order valence-corrected chi connectivity index (χ4v) is 7.34. The second kappa shape index (κ2) is 11.9. The summed E-state index contributed by atoms with van der Waals surface area (Å²) in [5.74, 6) is 1.91. The normalized spacial score (nSPS) is 11.6. The van der Waals surface area contributed by atoms with Gasteiger partial charge in [-0.15, -0.1) is 0 Å². The first-order valence-electron chi connectivity index (χ1n) is 17.2. The average molecular weight is 655 g/mol. The van der Waals surface area contributed by atoms with Crippen molar-refractivity contribution in [1.29, 1.82) is 0 Å². The summed E-state index contributed by atoms with van der Waals surface area (Å²) in [5.41, 5.74) is 10.3. The molecule has 3 heterocycles. The van der Waals surface area contributed by atoms with Crippen LogP contribution in [-0.4, -0.2) is 19.5 Å². The summed E-state index contributed by atoms with van der Waals surface area (Å²) < 4.78 is 8.93. The molecular weight excluding hydrogens is 625 g/mol. The molecule has 0 unspecified atom stereocenters. The van der Waals surface area contributed by atoms with Gasteiger partial charge in [0.15, 0.2) is 17.5 Å². The molecule has 0 saturated heterocycles. The Bertz CT molecular complexity index is 2890. The van der Waals surface area contributed by atoms with Crippen LogP contribution >= 0.6 is 0 Å². The molecule has 0 saturated carbocycles. The van der Waals surface area contributed by atoms with E-state index < -0.39 is 0 Å². The highest BCUT2D eigenvalue weighted by atomic mass is 16.3. The molecule has 0 fully saturated rings. The molecule has 0 N–H and O–H groups in total. The van der Waals surface area contributed by atoms with Crippen molar-refractivity contribution in [2.45, 2.75) is 6.54 Å². The molecule has 0 amide bonds. The fourth-order valence-electron chi connectivity index (χ4n) is 7.34. The van der Waals surface area contributed by atoms with Crippen molar-refractivity contribution in [3.8, 4) is 45.3 Å². The zero-order valence-corrected chi connectivity index (χ0v) is 27.6. The zero-order chi connectivity index (χ0) is 33.7. The molecule has 240 valence electrons. The molecule has 0 aliphatic rings. The second-order valence-electron chi connectivity index (χ2n) is 12.8. The Morgan fingerprint density at radius 3 is 1.90 bits per heavy atom. The van der Waals surface area contributed by atoms with Gasteiger partial charge in [-0.05, 0) is 47.0 Å². The Hall–Kier alpha value is -6.85. The first-order chi connectivity index (χ1) is 25.3. The molecule has 10 aromatic rings. The topological polar surface area (TPSA) is 56.7 Å². The molecule has 10 rings (SSSR count). The number of furan rings is 1. The first kappa shape index (κ1) is 29.1. The van der Waals surface area contributed by atoms with Crippen LogP contribution in [0.5, 0.6) is 0 Å². The molecule has 3 aromatic heterocycles. The van der Waals surface area contributed by atoms with Gasteiger partial charge >= 0.3 is 0 Å². The molecule has 7 aromatic carbocycles. The van der Waals surface area contributed by atoms with E-state index in [2.05, 4.69) is 126 Å². The summed E-state index contributed by atoms with van der Waals surface area (Å²) >= 11 is 0. The van der Waals surface area contributed by atoms with Gasteiger partial charge in [-0.1, -0.05) is 140 Å². The maximum absolute atomic E-state index is 6.54. The molecule has 51 heavy (non-hydrogen) atoms. The van der Waals surface area contributed by atoms with Crippen molar-refractivity contribution in [3.63, 3.8) is 0 Å². The van der Waals surface area contributed by atoms with Crippen LogP contribution in [0.2, 0.25) is 0 Å². The number of nitrogens with zero attached hydrogens (tertiary/aromatic N) is 4. The van der Waals surface area contributed by atoms with Crippen molar-refractivity contribution in [1.82, 2.24) is 19.5 Å². The fraction of sp³-hybridized carbons (Fsp3) is 0.0217. The summed E-state index contributed by atoms with van der Waals surface area (Å²) in [6.45, 7) is 0.622. The summed E-state index contributed by atoms with van der Waals surface area (Å²) in [7, 11) is 0. The van der Waals surface area contributed by atoms with Gasteiger partial charge in [0.25, 0.3) is 0 Å². The molecule has 0 bridgehead atoms. The Morgan fingerprint density at radius 1 is 0.431 bits per heavy atom. The van der Waals surface area contributed by atoms with Gasteiger partial charge in [-0.2, -0.15) is 0 Å². The number of para-hydroxylation sites is 2.